The predicted molar refractivity (Wildman–Crippen MR) is 72.9 cm³/mol. The molecule has 12 heteroatoms. The van der Waals surface area contributed by atoms with Crippen molar-refractivity contribution >= 4 is 0 Å². The zero-order chi connectivity index (χ0) is 16.3. The molecule has 2 heterocycles. The van der Waals surface area contributed by atoms with E-state index >= 15 is 0 Å². The Balaban J connectivity index is 2.42. The Bertz CT molecular complexity index is 772. The fourth-order valence-corrected chi connectivity index (χ4v) is 2.20. The summed E-state index contributed by atoms with van der Waals surface area (Å²) in [5.74, 6) is 0. The molecule has 0 aliphatic carbocycles. The molecule has 1 aliphatic heterocycles. The molecule has 12 nitrogen and oxygen atoms in total. The van der Waals surface area contributed by atoms with Crippen molar-refractivity contribution in [3.63, 3.8) is 0 Å². The monoisotopic (exact) mass is 308 g/mol. The molecular formula is C10H12N8O4. The van der Waals surface area contributed by atoms with E-state index in [2.05, 4.69) is 25.0 Å². The van der Waals surface area contributed by atoms with Gasteiger partial charge in [0.15, 0.2) is 6.23 Å². The van der Waals surface area contributed by atoms with E-state index in [1.807, 2.05) is 0 Å². The van der Waals surface area contributed by atoms with Crippen molar-refractivity contribution in [3.8, 4) is 0 Å². The third kappa shape index (κ3) is 2.80. The van der Waals surface area contributed by atoms with Crippen LogP contribution in [0.25, 0.3) is 20.9 Å². The number of nitrogens with one attached hydrogen (secondary N) is 1. The molecule has 2 N–H and O–H groups in total. The Labute approximate surface area is 122 Å². The van der Waals surface area contributed by atoms with Gasteiger partial charge in [-0.2, -0.15) is 0 Å². The molecule has 0 amide bonds. The number of aromatic amines is 1. The van der Waals surface area contributed by atoms with Crippen LogP contribution in [0.3, 0.4) is 0 Å². The number of hydrogen-bond donors (Lipinski definition) is 2. The van der Waals surface area contributed by atoms with E-state index in [4.69, 9.17) is 15.8 Å². The van der Waals surface area contributed by atoms with Crippen LogP contribution >= 0.6 is 0 Å². The molecule has 0 bridgehead atoms. The van der Waals surface area contributed by atoms with Gasteiger partial charge in [-0.15, -0.1) is 0 Å². The minimum Gasteiger partial charge on any atom is -0.388 e. The number of rotatable bonds is 4. The summed E-state index contributed by atoms with van der Waals surface area (Å²) in [4.78, 5) is 30.5. The lowest BCUT2D eigenvalue weighted by Gasteiger charge is -2.17. The van der Waals surface area contributed by atoms with Crippen molar-refractivity contribution in [2.45, 2.75) is 31.4 Å². The van der Waals surface area contributed by atoms with Crippen molar-refractivity contribution in [1.29, 1.82) is 0 Å². The number of aromatic nitrogens is 2. The molecule has 0 radical (unpaired) electrons. The van der Waals surface area contributed by atoms with Crippen molar-refractivity contribution < 1.29 is 9.84 Å². The first-order valence-electron chi connectivity index (χ1n) is 6.20. The van der Waals surface area contributed by atoms with Crippen LogP contribution in [0.2, 0.25) is 0 Å². The van der Waals surface area contributed by atoms with Gasteiger partial charge in [-0.05, 0) is 18.0 Å². The predicted octanol–water partition coefficient (Wildman–Crippen LogP) is 0.0925. The van der Waals surface area contributed by atoms with E-state index in [0.29, 0.717) is 0 Å². The van der Waals surface area contributed by atoms with E-state index in [1.165, 1.54) is 13.1 Å². The third-order valence-corrected chi connectivity index (χ3v) is 3.27. The molecular weight excluding hydrogens is 296 g/mol. The number of aryl methyl sites for hydroxylation is 1. The summed E-state index contributed by atoms with van der Waals surface area (Å²) in [6.07, 6.45) is -2.15. The van der Waals surface area contributed by atoms with Crippen LogP contribution in [-0.2, 0) is 4.74 Å². The van der Waals surface area contributed by atoms with Crippen LogP contribution in [0.15, 0.2) is 26.0 Å². The smallest absolute Gasteiger partial charge is 0.330 e. The second-order valence-corrected chi connectivity index (χ2v) is 4.64. The maximum absolute atomic E-state index is 11.8. The number of aliphatic hydroxyl groups excluding tert-OH is 1. The Morgan fingerprint density at radius 3 is 2.82 bits per heavy atom. The summed E-state index contributed by atoms with van der Waals surface area (Å²) in [5, 5.41) is 16.9. The highest BCUT2D eigenvalue weighted by Crippen LogP contribution is 2.30. The maximum atomic E-state index is 11.8. The molecule has 0 aromatic carbocycles. The average molecular weight is 308 g/mol. The third-order valence-electron chi connectivity index (χ3n) is 3.27. The second-order valence-electron chi connectivity index (χ2n) is 4.64. The van der Waals surface area contributed by atoms with Crippen molar-refractivity contribution in [2.24, 2.45) is 10.2 Å². The minimum atomic E-state index is -1.34. The number of ether oxygens (including phenoxy) is 1. The molecule has 0 saturated carbocycles. The lowest BCUT2D eigenvalue weighted by molar-refractivity contribution is -0.0372. The van der Waals surface area contributed by atoms with Crippen LogP contribution < -0.4 is 11.2 Å². The summed E-state index contributed by atoms with van der Waals surface area (Å²) >= 11 is 0. The molecule has 0 spiro atoms. The molecule has 1 fully saturated rings. The largest absolute Gasteiger partial charge is 0.388 e. The Morgan fingerprint density at radius 2 is 2.18 bits per heavy atom. The molecule has 1 aromatic rings. The second kappa shape index (κ2) is 6.33. The lowest BCUT2D eigenvalue weighted by Crippen LogP contribution is -2.38. The molecule has 4 atom stereocenters. The highest BCUT2D eigenvalue weighted by Gasteiger charge is 2.44. The summed E-state index contributed by atoms with van der Waals surface area (Å²) in [6, 6.07) is -1.03. The average Bonchev–Trinajstić information content (AvgIpc) is 2.78. The van der Waals surface area contributed by atoms with Crippen molar-refractivity contribution in [3.05, 3.63) is 53.5 Å². The molecule has 0 unspecified atom stereocenters. The molecule has 22 heavy (non-hydrogen) atoms. The van der Waals surface area contributed by atoms with Gasteiger partial charge in [-0.1, -0.05) is 10.2 Å². The molecule has 116 valence electrons. The zero-order valence-electron chi connectivity index (χ0n) is 11.4. The number of aliphatic hydroxyl groups is 1. The van der Waals surface area contributed by atoms with Crippen LogP contribution in [0, 0.1) is 6.92 Å². The molecule has 1 aromatic heterocycles. The number of hydrogen-bond acceptors (Lipinski definition) is 6. The number of azide groups is 2. The first-order valence-corrected chi connectivity index (χ1v) is 6.20. The first kappa shape index (κ1) is 15.6. The minimum absolute atomic E-state index is 0.176. The number of H-pyrrole nitrogens is 1. The van der Waals surface area contributed by atoms with Gasteiger partial charge in [0, 0.05) is 21.6 Å². The topological polar surface area (TPSA) is 182 Å². The van der Waals surface area contributed by atoms with Gasteiger partial charge in [0.1, 0.15) is 6.10 Å². The summed E-state index contributed by atoms with van der Waals surface area (Å²) in [7, 11) is 0. The van der Waals surface area contributed by atoms with Crippen LogP contribution in [0.4, 0.5) is 0 Å². The summed E-state index contributed by atoms with van der Waals surface area (Å²) in [6.45, 7) is 1.31. The number of nitrogens with zero attached hydrogens (tertiary/aromatic N) is 7. The molecule has 1 aliphatic rings. The standard InChI is InChI=1S/C10H12N8O4/c1-4-3-18(10(21)14-8(4)20)9-7(19)6(15-17-12)5(22-9)2-13-16-11/h3,5-7,9,19H,2H2,1H3,(H,14,20,21)/t5-,6-,7-,9-/m1/s1. The Kier molecular flexibility index (Phi) is 4.49. The van der Waals surface area contributed by atoms with Crippen LogP contribution in [0.5, 0.6) is 0 Å². The van der Waals surface area contributed by atoms with E-state index < -0.39 is 35.7 Å². The van der Waals surface area contributed by atoms with E-state index in [1.54, 1.807) is 0 Å². The van der Waals surface area contributed by atoms with Gasteiger partial charge >= 0.3 is 5.69 Å². The summed E-state index contributed by atoms with van der Waals surface area (Å²) in [5.41, 5.74) is 15.8. The van der Waals surface area contributed by atoms with Gasteiger partial charge in [0.2, 0.25) is 0 Å². The zero-order valence-corrected chi connectivity index (χ0v) is 11.4. The van der Waals surface area contributed by atoms with Crippen molar-refractivity contribution in [2.75, 3.05) is 6.54 Å². The Hall–Kier alpha value is -2.78. The Morgan fingerprint density at radius 1 is 1.45 bits per heavy atom. The highest BCUT2D eigenvalue weighted by atomic mass is 16.5. The quantitative estimate of drug-likeness (QED) is 0.454. The van der Waals surface area contributed by atoms with E-state index in [-0.39, 0.29) is 12.1 Å². The van der Waals surface area contributed by atoms with E-state index in [9.17, 15) is 14.7 Å². The normalized spacial score (nSPS) is 27.0. The fraction of sp³-hybridized carbons (Fsp3) is 0.600. The fourth-order valence-electron chi connectivity index (χ4n) is 2.20. The summed E-state index contributed by atoms with van der Waals surface area (Å²) < 4.78 is 6.46. The SMILES string of the molecule is Cc1cn([C@@H]2O[C@H](CN=[N+]=[N-])[C@@H](N=[N+]=[N-])[C@H]2O)c(=O)[nH]c1=O. The lowest BCUT2D eigenvalue weighted by atomic mass is 10.1. The van der Waals surface area contributed by atoms with Crippen LogP contribution in [0.1, 0.15) is 11.8 Å². The van der Waals surface area contributed by atoms with Gasteiger partial charge in [-0.25, -0.2) is 4.79 Å². The van der Waals surface area contributed by atoms with E-state index in [0.717, 1.165) is 4.57 Å². The molecule has 2 rings (SSSR count). The van der Waals surface area contributed by atoms with Gasteiger partial charge in [0.05, 0.1) is 18.7 Å². The first-order chi connectivity index (χ1) is 10.5. The van der Waals surface area contributed by atoms with Gasteiger partial charge in [0.25, 0.3) is 5.56 Å². The van der Waals surface area contributed by atoms with Crippen LogP contribution in [-0.4, -0.2) is 39.5 Å². The highest BCUT2D eigenvalue weighted by molar-refractivity contribution is 5.04. The maximum Gasteiger partial charge on any atom is 0.330 e. The van der Waals surface area contributed by atoms with Crippen molar-refractivity contribution in [1.82, 2.24) is 9.55 Å². The van der Waals surface area contributed by atoms with Gasteiger partial charge in [-0.3, -0.25) is 14.3 Å². The molecule has 1 saturated heterocycles. The van der Waals surface area contributed by atoms with Gasteiger partial charge < -0.3 is 9.84 Å².